The van der Waals surface area contributed by atoms with E-state index in [1.54, 1.807) is 38.7 Å². The van der Waals surface area contributed by atoms with Crippen LogP contribution in [0.4, 0.5) is 0 Å². The van der Waals surface area contributed by atoms with Crippen LogP contribution in [-0.2, 0) is 23.9 Å². The predicted molar refractivity (Wildman–Crippen MR) is 144 cm³/mol. The van der Waals surface area contributed by atoms with Gasteiger partial charge in [0.2, 0.25) is 5.91 Å². The molecular weight excluding hydrogens is 514 g/mol. The van der Waals surface area contributed by atoms with E-state index in [-0.39, 0.29) is 30.3 Å². The number of esters is 2. The van der Waals surface area contributed by atoms with Crippen LogP contribution < -0.4 is 0 Å². The van der Waals surface area contributed by atoms with Crippen molar-refractivity contribution in [3.05, 3.63) is 57.2 Å². The van der Waals surface area contributed by atoms with Crippen LogP contribution in [0.5, 0.6) is 0 Å². The number of hydrogen-bond donors (Lipinski definition) is 0. The summed E-state index contributed by atoms with van der Waals surface area (Å²) in [6, 6.07) is 6.81. The largest absolute Gasteiger partial charge is 0.466 e. The van der Waals surface area contributed by atoms with Gasteiger partial charge in [-0.25, -0.2) is 9.79 Å². The molecule has 0 aromatic heterocycles. The minimum absolute atomic E-state index is 0.0791. The zero-order chi connectivity index (χ0) is 26.7. The van der Waals surface area contributed by atoms with Crippen molar-refractivity contribution in [2.75, 3.05) is 19.7 Å². The molecule has 0 spiro atoms. The Kier molecular flexibility index (Phi) is 8.64. The van der Waals surface area contributed by atoms with E-state index in [4.69, 9.17) is 26.1 Å². The highest BCUT2D eigenvalue weighted by Crippen LogP contribution is 2.45. The van der Waals surface area contributed by atoms with Crippen molar-refractivity contribution in [2.24, 2.45) is 10.9 Å². The lowest BCUT2D eigenvalue weighted by Crippen LogP contribution is -2.44. The molecule has 2 atom stereocenters. The fourth-order valence-corrected chi connectivity index (χ4v) is 5.99. The molecule has 10 heteroatoms. The smallest absolute Gasteiger partial charge is 0.338 e. The predicted octanol–water partition coefficient (Wildman–Crippen LogP) is 5.06. The van der Waals surface area contributed by atoms with Crippen molar-refractivity contribution in [3.8, 4) is 0 Å². The summed E-state index contributed by atoms with van der Waals surface area (Å²) < 4.78 is 10.8. The molecule has 1 fully saturated rings. The first-order valence-corrected chi connectivity index (χ1v) is 13.8. The number of nitrogens with zero attached hydrogens (tertiary/aromatic N) is 3. The van der Waals surface area contributed by atoms with Gasteiger partial charge in [-0.2, -0.15) is 0 Å². The molecule has 0 aliphatic carbocycles. The Balaban J connectivity index is 1.61. The van der Waals surface area contributed by atoms with Gasteiger partial charge >= 0.3 is 11.9 Å². The van der Waals surface area contributed by atoms with Gasteiger partial charge in [0.15, 0.2) is 5.17 Å². The van der Waals surface area contributed by atoms with Gasteiger partial charge < -0.3 is 19.3 Å². The third kappa shape index (κ3) is 6.04. The minimum Gasteiger partial charge on any atom is -0.466 e. The van der Waals surface area contributed by atoms with Crippen molar-refractivity contribution in [1.82, 2.24) is 9.80 Å². The van der Waals surface area contributed by atoms with Crippen molar-refractivity contribution >= 4 is 46.4 Å². The first-order valence-electron chi connectivity index (χ1n) is 12.5. The summed E-state index contributed by atoms with van der Waals surface area (Å²) in [6.45, 7) is 8.45. The second-order valence-electron chi connectivity index (χ2n) is 9.51. The zero-order valence-electron chi connectivity index (χ0n) is 21.5. The Morgan fingerprint density at radius 3 is 2.76 bits per heavy atom. The van der Waals surface area contributed by atoms with E-state index in [9.17, 15) is 14.4 Å². The first-order chi connectivity index (χ1) is 17.7. The van der Waals surface area contributed by atoms with Crippen LogP contribution >= 0.6 is 23.4 Å². The number of carbonyl (C=O) groups is 3. The molecule has 0 radical (unpaired) electrons. The maximum absolute atomic E-state index is 13.4. The Bertz CT molecular complexity index is 1180. The van der Waals surface area contributed by atoms with Crippen LogP contribution in [0.3, 0.4) is 0 Å². The highest BCUT2D eigenvalue weighted by atomic mass is 35.5. The van der Waals surface area contributed by atoms with Crippen molar-refractivity contribution in [1.29, 1.82) is 0 Å². The lowest BCUT2D eigenvalue weighted by Gasteiger charge is -2.37. The van der Waals surface area contributed by atoms with Gasteiger partial charge in [-0.15, -0.1) is 0 Å². The van der Waals surface area contributed by atoms with Crippen molar-refractivity contribution in [2.45, 2.75) is 59.1 Å². The highest BCUT2D eigenvalue weighted by molar-refractivity contribution is 8.16. The third-order valence-corrected chi connectivity index (χ3v) is 7.58. The average molecular weight is 546 g/mol. The summed E-state index contributed by atoms with van der Waals surface area (Å²) in [5.41, 5.74) is 2.53. The topological polar surface area (TPSA) is 88.5 Å². The number of carbonyl (C=O) groups excluding carboxylic acids is 3. The summed E-state index contributed by atoms with van der Waals surface area (Å²) in [5, 5.41) is 3.14. The minimum atomic E-state index is -0.542. The van der Waals surface area contributed by atoms with Crippen molar-refractivity contribution in [3.63, 3.8) is 0 Å². The number of halogens is 1. The molecule has 37 heavy (non-hydrogen) atoms. The molecule has 3 aliphatic rings. The monoisotopic (exact) mass is 545 g/mol. The van der Waals surface area contributed by atoms with Crippen molar-refractivity contribution < 1.29 is 23.9 Å². The van der Waals surface area contributed by atoms with Crippen LogP contribution in [-0.4, -0.2) is 58.6 Å². The van der Waals surface area contributed by atoms with Crippen LogP contribution in [0.2, 0.25) is 5.02 Å². The van der Waals surface area contributed by atoms with E-state index in [1.165, 1.54) is 11.8 Å². The zero-order valence-corrected chi connectivity index (χ0v) is 23.1. The first kappa shape index (κ1) is 27.3. The molecule has 0 N–H and O–H groups in total. The van der Waals surface area contributed by atoms with E-state index in [1.807, 2.05) is 28.5 Å². The van der Waals surface area contributed by atoms with Crippen LogP contribution in [0, 0.1) is 5.92 Å². The van der Waals surface area contributed by atoms with Gasteiger partial charge in [-0.1, -0.05) is 35.5 Å². The van der Waals surface area contributed by atoms with Crippen LogP contribution in [0.15, 0.2) is 51.6 Å². The normalized spacial score (nSPS) is 21.5. The van der Waals surface area contributed by atoms with E-state index < -0.39 is 12.0 Å². The molecule has 198 valence electrons. The number of amidine groups is 1. The molecular formula is C27H32ClN3O5S. The Morgan fingerprint density at radius 1 is 1.27 bits per heavy atom. The summed E-state index contributed by atoms with van der Waals surface area (Å²) in [6.07, 6.45) is 1.28. The Hall–Kier alpha value is -2.78. The maximum Gasteiger partial charge on any atom is 0.338 e. The number of fused-ring (bicyclic) bond motifs is 1. The Labute approximate surface area is 226 Å². The number of ether oxygens (including phenoxy) is 2. The van der Waals surface area contributed by atoms with E-state index >= 15 is 0 Å². The van der Waals surface area contributed by atoms with Crippen LogP contribution in [0.25, 0.3) is 0 Å². The number of aliphatic imine (C=N–C) groups is 1. The molecule has 1 aromatic rings. The number of amides is 1. The number of benzene rings is 1. The maximum atomic E-state index is 13.4. The Morgan fingerprint density at radius 2 is 2.05 bits per heavy atom. The molecule has 2 unspecified atom stereocenters. The molecule has 0 bridgehead atoms. The second kappa shape index (κ2) is 11.7. The fraction of sp³-hybridized carbons (Fsp3) is 0.481. The second-order valence-corrected chi connectivity index (χ2v) is 10.8. The number of hydrogen-bond acceptors (Lipinski definition) is 8. The summed E-state index contributed by atoms with van der Waals surface area (Å²) >= 11 is 7.76. The molecule has 4 rings (SSSR count). The molecule has 1 aromatic carbocycles. The quantitative estimate of drug-likeness (QED) is 0.442. The standard InChI is InChI=1S/C27H32ClN3O5S/c1-5-35-25(33)19-9-7-11-30(14-19)22(32)13-21-15-37-27-29-17(4)23(26(34)36-16(2)3)24(31(21)27)18-8-6-10-20(28)12-18/h6,8,10,12,15-16,19,24H,5,7,9,11,13-14H2,1-4H3. The van der Waals surface area contributed by atoms with E-state index in [2.05, 4.69) is 0 Å². The van der Waals surface area contributed by atoms with Gasteiger partial charge in [0.25, 0.3) is 0 Å². The number of likely N-dealkylation sites (tertiary alicyclic amines) is 1. The lowest BCUT2D eigenvalue weighted by atomic mass is 9.93. The molecule has 1 saturated heterocycles. The van der Waals surface area contributed by atoms with Gasteiger partial charge in [-0.05, 0) is 63.6 Å². The summed E-state index contributed by atoms with van der Waals surface area (Å²) in [7, 11) is 0. The van der Waals surface area contributed by atoms with Gasteiger partial charge in [-0.3, -0.25) is 9.59 Å². The molecule has 8 nitrogen and oxygen atoms in total. The van der Waals surface area contributed by atoms with Crippen LogP contribution in [0.1, 0.15) is 58.6 Å². The molecule has 1 amide bonds. The fourth-order valence-electron chi connectivity index (χ4n) is 4.82. The van der Waals surface area contributed by atoms with Gasteiger partial charge in [0, 0.05) is 23.8 Å². The highest BCUT2D eigenvalue weighted by Gasteiger charge is 2.42. The molecule has 0 saturated carbocycles. The number of thioether (sulfide) groups is 1. The number of rotatable bonds is 7. The van der Waals surface area contributed by atoms with Gasteiger partial charge in [0.1, 0.15) is 0 Å². The van der Waals surface area contributed by atoms with E-state index in [0.29, 0.717) is 47.6 Å². The van der Waals surface area contributed by atoms with Gasteiger partial charge in [0.05, 0.1) is 42.4 Å². The lowest BCUT2D eigenvalue weighted by molar-refractivity contribution is -0.151. The van der Waals surface area contributed by atoms with E-state index in [0.717, 1.165) is 17.7 Å². The summed E-state index contributed by atoms with van der Waals surface area (Å²) in [4.78, 5) is 47.3. The summed E-state index contributed by atoms with van der Waals surface area (Å²) in [5.74, 6) is -1.09. The number of piperidine rings is 1. The number of allylic oxidation sites excluding steroid dienone is 1. The molecule has 3 aliphatic heterocycles. The third-order valence-electron chi connectivity index (χ3n) is 6.45. The average Bonchev–Trinajstić information content (AvgIpc) is 3.24. The SMILES string of the molecule is CCOC(=O)C1CCCN(C(=O)CC2=CSC3=NC(C)=C(C(=O)OC(C)C)C(c4cccc(Cl)c4)N23)C1. The molecule has 3 heterocycles.